The van der Waals surface area contributed by atoms with Crippen LogP contribution in [-0.2, 0) is 9.53 Å². The lowest BCUT2D eigenvalue weighted by Crippen LogP contribution is -2.62. The topological polar surface area (TPSA) is 49.9 Å². The van der Waals surface area contributed by atoms with E-state index in [1.807, 2.05) is 30.3 Å². The molecule has 0 aromatic heterocycles. The highest BCUT2D eigenvalue weighted by molar-refractivity contribution is 5.96. The number of piperidine rings is 1. The number of hydrogen-bond acceptors (Lipinski definition) is 3. The van der Waals surface area contributed by atoms with Crippen molar-refractivity contribution in [2.75, 3.05) is 31.1 Å². The van der Waals surface area contributed by atoms with E-state index in [1.165, 1.54) is 18.2 Å². The summed E-state index contributed by atoms with van der Waals surface area (Å²) in [7, 11) is 0. The van der Waals surface area contributed by atoms with Crippen molar-refractivity contribution >= 4 is 17.5 Å². The monoisotopic (exact) mass is 368 g/mol. The Hall–Kier alpha value is -2.73. The summed E-state index contributed by atoms with van der Waals surface area (Å²) in [5.74, 6) is -0.719. The summed E-state index contributed by atoms with van der Waals surface area (Å²) in [6.07, 6.45) is 1.55. The fraction of sp³-hybridized carbons (Fsp3) is 0.333. The van der Waals surface area contributed by atoms with Gasteiger partial charge in [-0.3, -0.25) is 9.59 Å². The van der Waals surface area contributed by atoms with E-state index in [0.717, 1.165) is 18.5 Å². The Morgan fingerprint density at radius 1 is 1.07 bits per heavy atom. The molecular formula is C21H21FN2O3. The summed E-state index contributed by atoms with van der Waals surface area (Å²) in [6.45, 7) is 1.39. The van der Waals surface area contributed by atoms with Gasteiger partial charge in [-0.1, -0.05) is 24.3 Å². The van der Waals surface area contributed by atoms with Crippen LogP contribution in [0, 0.1) is 5.82 Å². The number of benzene rings is 2. The van der Waals surface area contributed by atoms with Crippen molar-refractivity contribution in [3.63, 3.8) is 0 Å². The van der Waals surface area contributed by atoms with Gasteiger partial charge in [0.25, 0.3) is 11.8 Å². The van der Waals surface area contributed by atoms with Crippen LogP contribution < -0.4 is 4.90 Å². The van der Waals surface area contributed by atoms with Crippen molar-refractivity contribution in [3.05, 3.63) is 66.0 Å². The fourth-order valence-electron chi connectivity index (χ4n) is 3.88. The first-order valence-corrected chi connectivity index (χ1v) is 9.11. The van der Waals surface area contributed by atoms with Crippen molar-refractivity contribution < 1.29 is 18.7 Å². The molecule has 2 aliphatic heterocycles. The minimum Gasteiger partial charge on any atom is -0.361 e. The number of ether oxygens (including phenoxy) is 1. The number of halogens is 1. The lowest BCUT2D eigenvalue weighted by Gasteiger charge is -2.47. The first-order chi connectivity index (χ1) is 13.1. The van der Waals surface area contributed by atoms with E-state index >= 15 is 0 Å². The van der Waals surface area contributed by atoms with E-state index in [9.17, 15) is 14.0 Å². The van der Waals surface area contributed by atoms with Gasteiger partial charge in [0.2, 0.25) is 0 Å². The highest BCUT2D eigenvalue weighted by Gasteiger charge is 2.44. The quantitative estimate of drug-likeness (QED) is 0.819. The molecule has 140 valence electrons. The van der Waals surface area contributed by atoms with Crippen molar-refractivity contribution in [1.29, 1.82) is 0 Å². The predicted octanol–water partition coefficient (Wildman–Crippen LogP) is 2.86. The van der Waals surface area contributed by atoms with Gasteiger partial charge >= 0.3 is 0 Å². The average Bonchev–Trinajstić information content (AvgIpc) is 2.70. The van der Waals surface area contributed by atoms with Crippen LogP contribution >= 0.6 is 0 Å². The highest BCUT2D eigenvalue weighted by Crippen LogP contribution is 2.32. The van der Waals surface area contributed by atoms with Gasteiger partial charge in [-0.25, -0.2) is 4.39 Å². The number of amides is 2. The fourth-order valence-corrected chi connectivity index (χ4v) is 3.88. The molecular weight excluding hydrogens is 347 g/mol. The van der Waals surface area contributed by atoms with E-state index in [1.54, 1.807) is 15.9 Å². The molecule has 2 aliphatic rings. The Morgan fingerprint density at radius 3 is 2.67 bits per heavy atom. The third-order valence-corrected chi connectivity index (χ3v) is 5.22. The zero-order chi connectivity index (χ0) is 18.9. The summed E-state index contributed by atoms with van der Waals surface area (Å²) in [5.41, 5.74) is 0.572. The van der Waals surface area contributed by atoms with E-state index < -0.39 is 11.4 Å². The Labute approximate surface area is 157 Å². The van der Waals surface area contributed by atoms with Gasteiger partial charge < -0.3 is 14.5 Å². The minimum atomic E-state index is -0.592. The summed E-state index contributed by atoms with van der Waals surface area (Å²) in [4.78, 5) is 28.6. The van der Waals surface area contributed by atoms with Gasteiger partial charge in [0, 0.05) is 17.8 Å². The zero-order valence-electron chi connectivity index (χ0n) is 14.9. The van der Waals surface area contributed by atoms with Crippen LogP contribution in [0.3, 0.4) is 0 Å². The maximum atomic E-state index is 13.5. The van der Waals surface area contributed by atoms with Crippen molar-refractivity contribution in [3.8, 4) is 0 Å². The largest absolute Gasteiger partial charge is 0.361 e. The molecule has 2 fully saturated rings. The highest BCUT2D eigenvalue weighted by atomic mass is 19.1. The smallest absolute Gasteiger partial charge is 0.254 e. The molecule has 0 saturated carbocycles. The molecule has 0 radical (unpaired) electrons. The SMILES string of the molecule is O=C(c1cccc(F)c1)N1CCCC2(C1)CN(c1ccccc1)C(=O)CO2. The molecule has 2 aromatic carbocycles. The molecule has 0 N–H and O–H groups in total. The summed E-state index contributed by atoms with van der Waals surface area (Å²) in [5, 5.41) is 0. The van der Waals surface area contributed by atoms with Crippen LogP contribution in [0.1, 0.15) is 23.2 Å². The Morgan fingerprint density at radius 2 is 1.89 bits per heavy atom. The molecule has 2 aromatic rings. The van der Waals surface area contributed by atoms with Crippen LogP contribution in [-0.4, -0.2) is 48.6 Å². The van der Waals surface area contributed by atoms with Crippen LogP contribution in [0.25, 0.3) is 0 Å². The summed E-state index contributed by atoms with van der Waals surface area (Å²) in [6, 6.07) is 15.2. The molecule has 0 bridgehead atoms. The zero-order valence-corrected chi connectivity index (χ0v) is 14.9. The van der Waals surface area contributed by atoms with E-state index in [2.05, 4.69) is 0 Å². The molecule has 1 unspecified atom stereocenters. The van der Waals surface area contributed by atoms with Gasteiger partial charge in [-0.05, 0) is 43.2 Å². The maximum absolute atomic E-state index is 13.5. The number of anilines is 1. The molecule has 1 atom stereocenters. The van der Waals surface area contributed by atoms with Crippen LogP contribution in [0.4, 0.5) is 10.1 Å². The Kier molecular flexibility index (Phi) is 4.66. The molecule has 6 heteroatoms. The summed E-state index contributed by atoms with van der Waals surface area (Å²) >= 11 is 0. The second-order valence-corrected chi connectivity index (χ2v) is 7.13. The molecule has 2 heterocycles. The van der Waals surface area contributed by atoms with E-state index in [0.29, 0.717) is 25.2 Å². The first-order valence-electron chi connectivity index (χ1n) is 9.11. The van der Waals surface area contributed by atoms with Crippen LogP contribution in [0.15, 0.2) is 54.6 Å². The first kappa shape index (κ1) is 17.7. The standard InChI is InChI=1S/C21H21FN2O3/c22-17-7-4-6-16(12-17)20(26)23-11-5-10-21(14-23)15-24(19(25)13-27-21)18-8-2-1-3-9-18/h1-4,6-9,12H,5,10-11,13-15H2. The second-order valence-electron chi connectivity index (χ2n) is 7.13. The van der Waals surface area contributed by atoms with E-state index in [-0.39, 0.29) is 18.4 Å². The molecule has 27 heavy (non-hydrogen) atoms. The minimum absolute atomic E-state index is 0.00309. The van der Waals surface area contributed by atoms with E-state index in [4.69, 9.17) is 4.74 Å². The maximum Gasteiger partial charge on any atom is 0.254 e. The van der Waals surface area contributed by atoms with Crippen LogP contribution in [0.2, 0.25) is 0 Å². The van der Waals surface area contributed by atoms with Gasteiger partial charge in [0.15, 0.2) is 0 Å². The summed E-state index contributed by atoms with van der Waals surface area (Å²) < 4.78 is 19.4. The average molecular weight is 368 g/mol. The third kappa shape index (κ3) is 3.57. The number of carbonyl (C=O) groups excluding carboxylic acids is 2. The Balaban J connectivity index is 1.54. The number of rotatable bonds is 2. The number of para-hydroxylation sites is 1. The van der Waals surface area contributed by atoms with Crippen molar-refractivity contribution in [1.82, 2.24) is 4.90 Å². The number of morpholine rings is 1. The van der Waals surface area contributed by atoms with Gasteiger partial charge in [0.1, 0.15) is 18.0 Å². The molecule has 4 rings (SSSR count). The molecule has 2 amide bonds. The molecule has 2 saturated heterocycles. The number of likely N-dealkylation sites (tertiary alicyclic amines) is 1. The predicted molar refractivity (Wildman–Crippen MR) is 99.0 cm³/mol. The van der Waals surface area contributed by atoms with Crippen LogP contribution in [0.5, 0.6) is 0 Å². The van der Waals surface area contributed by atoms with Crippen molar-refractivity contribution in [2.24, 2.45) is 0 Å². The molecule has 0 aliphatic carbocycles. The van der Waals surface area contributed by atoms with Gasteiger partial charge in [-0.15, -0.1) is 0 Å². The lowest BCUT2D eigenvalue weighted by atomic mass is 9.90. The van der Waals surface area contributed by atoms with Crippen molar-refractivity contribution in [2.45, 2.75) is 18.4 Å². The molecule has 5 nitrogen and oxygen atoms in total. The number of carbonyl (C=O) groups is 2. The second kappa shape index (κ2) is 7.12. The normalized spacial score (nSPS) is 22.9. The third-order valence-electron chi connectivity index (χ3n) is 5.22. The van der Waals surface area contributed by atoms with Gasteiger partial charge in [0.05, 0.1) is 13.1 Å². The number of hydrogen-bond donors (Lipinski definition) is 0. The van der Waals surface area contributed by atoms with Gasteiger partial charge in [-0.2, -0.15) is 0 Å². The molecule has 1 spiro atoms. The number of nitrogens with zero attached hydrogens (tertiary/aromatic N) is 2. The lowest BCUT2D eigenvalue weighted by molar-refractivity contribution is -0.144. The Bertz CT molecular complexity index is 858.